The molecule has 0 radical (unpaired) electrons. The van der Waals surface area contributed by atoms with E-state index in [1.165, 1.54) is 22.3 Å². The van der Waals surface area contributed by atoms with Gasteiger partial charge in [0.05, 0.1) is 6.61 Å². The minimum absolute atomic E-state index is 0.798. The van der Waals surface area contributed by atoms with Crippen molar-refractivity contribution >= 4 is 11.6 Å². The van der Waals surface area contributed by atoms with Crippen molar-refractivity contribution in [1.82, 2.24) is 0 Å². The largest absolute Gasteiger partial charge is 0.493 e. The van der Waals surface area contributed by atoms with Crippen LogP contribution in [0.3, 0.4) is 0 Å². The Bertz CT molecular complexity index is 650. The number of hydrogen-bond donors (Lipinski definition) is 0. The maximum atomic E-state index is 6.50. The Morgan fingerprint density at radius 1 is 1.05 bits per heavy atom. The summed E-state index contributed by atoms with van der Waals surface area (Å²) < 4.78 is 5.97. The zero-order valence-electron chi connectivity index (χ0n) is 12.2. The molecule has 0 aliphatic carbocycles. The van der Waals surface area contributed by atoms with Gasteiger partial charge in [-0.05, 0) is 61.9 Å². The maximum absolute atomic E-state index is 6.50. The lowest BCUT2D eigenvalue weighted by Gasteiger charge is -2.23. The monoisotopic (exact) mass is 286 g/mol. The second-order valence-corrected chi connectivity index (χ2v) is 6.04. The van der Waals surface area contributed by atoms with Crippen LogP contribution in [0.15, 0.2) is 24.3 Å². The smallest absolute Gasteiger partial charge is 0.130 e. The first kappa shape index (κ1) is 13.5. The molecule has 20 heavy (non-hydrogen) atoms. The Balaban J connectivity index is 2.26. The van der Waals surface area contributed by atoms with Crippen LogP contribution in [0.25, 0.3) is 11.1 Å². The van der Waals surface area contributed by atoms with E-state index in [-0.39, 0.29) is 0 Å². The van der Waals surface area contributed by atoms with Crippen molar-refractivity contribution in [1.29, 1.82) is 0 Å². The van der Waals surface area contributed by atoms with Gasteiger partial charge in [-0.3, -0.25) is 0 Å². The highest BCUT2D eigenvalue weighted by Gasteiger charge is 2.20. The average molecular weight is 287 g/mol. The molecule has 0 unspecified atom stereocenters. The summed E-state index contributed by atoms with van der Waals surface area (Å²) >= 11 is 6.50. The SMILES string of the molecule is Cc1cc(C)c(-c2ccc(C)c3c2OCCC3)c(Cl)c1. The third-order valence-corrected chi connectivity index (χ3v) is 4.31. The molecule has 2 aromatic rings. The minimum atomic E-state index is 0.798. The van der Waals surface area contributed by atoms with Gasteiger partial charge in [0.25, 0.3) is 0 Å². The molecule has 1 heterocycles. The fraction of sp³-hybridized carbons (Fsp3) is 0.333. The van der Waals surface area contributed by atoms with E-state index in [1.807, 2.05) is 6.07 Å². The number of benzene rings is 2. The van der Waals surface area contributed by atoms with Crippen LogP contribution in [0.2, 0.25) is 5.02 Å². The van der Waals surface area contributed by atoms with Gasteiger partial charge in [-0.15, -0.1) is 0 Å². The van der Waals surface area contributed by atoms with E-state index in [4.69, 9.17) is 16.3 Å². The second-order valence-electron chi connectivity index (χ2n) is 5.63. The number of halogens is 1. The lowest BCUT2D eigenvalue weighted by Crippen LogP contribution is -2.11. The topological polar surface area (TPSA) is 9.23 Å². The predicted octanol–water partition coefficient (Wildman–Crippen LogP) is 5.26. The highest BCUT2D eigenvalue weighted by molar-refractivity contribution is 6.33. The fourth-order valence-corrected chi connectivity index (χ4v) is 3.50. The quantitative estimate of drug-likeness (QED) is 0.695. The summed E-state index contributed by atoms with van der Waals surface area (Å²) in [6.45, 7) is 7.14. The van der Waals surface area contributed by atoms with E-state index in [1.54, 1.807) is 0 Å². The molecule has 0 bridgehead atoms. The third-order valence-electron chi connectivity index (χ3n) is 4.01. The molecular weight excluding hydrogens is 268 g/mol. The van der Waals surface area contributed by atoms with Crippen molar-refractivity contribution in [2.45, 2.75) is 33.6 Å². The Labute approximate surface area is 125 Å². The van der Waals surface area contributed by atoms with Gasteiger partial charge in [0.15, 0.2) is 0 Å². The molecule has 1 aliphatic rings. The van der Waals surface area contributed by atoms with Crippen molar-refractivity contribution in [2.75, 3.05) is 6.61 Å². The Morgan fingerprint density at radius 3 is 2.60 bits per heavy atom. The van der Waals surface area contributed by atoms with E-state index in [2.05, 4.69) is 39.0 Å². The molecule has 1 nitrogen and oxygen atoms in total. The molecule has 1 aliphatic heterocycles. The first-order valence-electron chi connectivity index (χ1n) is 7.10. The third kappa shape index (κ3) is 2.20. The van der Waals surface area contributed by atoms with Gasteiger partial charge in [0.1, 0.15) is 5.75 Å². The second kappa shape index (κ2) is 5.14. The van der Waals surface area contributed by atoms with Crippen LogP contribution < -0.4 is 4.74 Å². The first-order chi connectivity index (χ1) is 9.58. The molecule has 0 atom stereocenters. The summed E-state index contributed by atoms with van der Waals surface area (Å²) in [7, 11) is 0. The predicted molar refractivity (Wildman–Crippen MR) is 84.9 cm³/mol. The Morgan fingerprint density at radius 2 is 1.85 bits per heavy atom. The van der Waals surface area contributed by atoms with Gasteiger partial charge in [0.2, 0.25) is 0 Å². The van der Waals surface area contributed by atoms with E-state index in [0.717, 1.165) is 41.3 Å². The summed E-state index contributed by atoms with van der Waals surface area (Å²) in [6, 6.07) is 8.52. The highest BCUT2D eigenvalue weighted by Crippen LogP contribution is 2.42. The van der Waals surface area contributed by atoms with Crippen molar-refractivity contribution in [3.63, 3.8) is 0 Å². The van der Waals surface area contributed by atoms with E-state index in [0.29, 0.717) is 0 Å². The van der Waals surface area contributed by atoms with Crippen LogP contribution in [-0.4, -0.2) is 6.61 Å². The molecule has 0 saturated heterocycles. The Hall–Kier alpha value is -1.47. The van der Waals surface area contributed by atoms with Crippen molar-refractivity contribution in [3.8, 4) is 16.9 Å². The maximum Gasteiger partial charge on any atom is 0.130 e. The molecule has 0 saturated carbocycles. The van der Waals surface area contributed by atoms with Crippen molar-refractivity contribution < 1.29 is 4.74 Å². The highest BCUT2D eigenvalue weighted by atomic mass is 35.5. The normalized spacial score (nSPS) is 13.8. The molecule has 0 amide bonds. The van der Waals surface area contributed by atoms with Crippen molar-refractivity contribution in [3.05, 3.63) is 51.5 Å². The van der Waals surface area contributed by atoms with Gasteiger partial charge in [-0.25, -0.2) is 0 Å². The van der Waals surface area contributed by atoms with Crippen LogP contribution >= 0.6 is 11.6 Å². The molecule has 0 fully saturated rings. The number of fused-ring (bicyclic) bond motifs is 1. The van der Waals surface area contributed by atoms with Gasteiger partial charge in [0, 0.05) is 16.1 Å². The van der Waals surface area contributed by atoms with Gasteiger partial charge in [-0.1, -0.05) is 29.8 Å². The average Bonchev–Trinajstić information content (AvgIpc) is 2.40. The summed E-state index contributed by atoms with van der Waals surface area (Å²) in [5, 5.41) is 0.808. The summed E-state index contributed by atoms with van der Waals surface area (Å²) in [5.41, 5.74) is 7.28. The molecule has 3 rings (SSSR count). The summed E-state index contributed by atoms with van der Waals surface area (Å²) in [6.07, 6.45) is 2.19. The zero-order valence-corrected chi connectivity index (χ0v) is 13.0. The number of hydrogen-bond acceptors (Lipinski definition) is 1. The Kier molecular flexibility index (Phi) is 3.47. The molecular formula is C18H19ClO. The lowest BCUT2D eigenvalue weighted by molar-refractivity contribution is 0.289. The van der Waals surface area contributed by atoms with Gasteiger partial charge >= 0.3 is 0 Å². The van der Waals surface area contributed by atoms with Gasteiger partial charge < -0.3 is 4.74 Å². The molecule has 0 aromatic heterocycles. The summed E-state index contributed by atoms with van der Waals surface area (Å²) in [5.74, 6) is 1.03. The fourth-order valence-electron chi connectivity index (χ4n) is 3.08. The number of aryl methyl sites for hydroxylation is 3. The molecule has 0 spiro atoms. The van der Waals surface area contributed by atoms with Crippen LogP contribution in [0.1, 0.15) is 28.7 Å². The molecule has 0 N–H and O–H groups in total. The molecule has 2 aromatic carbocycles. The van der Waals surface area contributed by atoms with Crippen LogP contribution in [-0.2, 0) is 6.42 Å². The lowest BCUT2D eigenvalue weighted by atomic mass is 9.91. The zero-order chi connectivity index (χ0) is 14.3. The number of ether oxygens (including phenoxy) is 1. The first-order valence-corrected chi connectivity index (χ1v) is 7.48. The molecule has 2 heteroatoms. The van der Waals surface area contributed by atoms with Gasteiger partial charge in [-0.2, -0.15) is 0 Å². The van der Waals surface area contributed by atoms with E-state index in [9.17, 15) is 0 Å². The van der Waals surface area contributed by atoms with Crippen LogP contribution in [0, 0.1) is 20.8 Å². The van der Waals surface area contributed by atoms with Crippen molar-refractivity contribution in [2.24, 2.45) is 0 Å². The number of rotatable bonds is 1. The van der Waals surface area contributed by atoms with E-state index >= 15 is 0 Å². The van der Waals surface area contributed by atoms with Crippen LogP contribution in [0.5, 0.6) is 5.75 Å². The van der Waals surface area contributed by atoms with E-state index < -0.39 is 0 Å². The standard InChI is InChI=1S/C18H19ClO/c1-11-9-13(3)17(16(19)10-11)15-7-6-12(2)14-5-4-8-20-18(14)15/h6-7,9-10H,4-5,8H2,1-3H3. The van der Waals surface area contributed by atoms with Crippen LogP contribution in [0.4, 0.5) is 0 Å². The molecule has 104 valence electrons. The summed E-state index contributed by atoms with van der Waals surface area (Å²) in [4.78, 5) is 0. The minimum Gasteiger partial charge on any atom is -0.493 e.